The summed E-state index contributed by atoms with van der Waals surface area (Å²) in [5, 5.41) is 0. The van der Waals surface area contributed by atoms with Crippen molar-refractivity contribution in [3.8, 4) is 0 Å². The van der Waals surface area contributed by atoms with Crippen molar-refractivity contribution < 1.29 is 0 Å². The Morgan fingerprint density at radius 3 is 1.75 bits per heavy atom. The van der Waals surface area contributed by atoms with Crippen LogP contribution in [0, 0.1) is 14.4 Å². The SMILES string of the molecule is Cc1ccccc1.[CH2]. The molecule has 1 rings (SSSR count). The first-order valence-corrected chi connectivity index (χ1v) is 2.41. The molecule has 0 nitrogen and oxygen atoms in total. The number of rotatable bonds is 0. The molecule has 1 aromatic rings. The molecule has 0 saturated heterocycles. The lowest BCUT2D eigenvalue weighted by atomic mass is 10.2. The lowest BCUT2D eigenvalue weighted by Crippen LogP contribution is -1.62. The highest BCUT2D eigenvalue weighted by atomic mass is 13.8. The van der Waals surface area contributed by atoms with Gasteiger partial charge >= 0.3 is 0 Å². The Kier molecular flexibility index (Phi) is 2.93. The van der Waals surface area contributed by atoms with E-state index in [0.29, 0.717) is 0 Å². The number of hydrogen-bond donors (Lipinski definition) is 0. The van der Waals surface area contributed by atoms with Gasteiger partial charge in [0, 0.05) is 0 Å². The van der Waals surface area contributed by atoms with Gasteiger partial charge in [0.1, 0.15) is 0 Å². The van der Waals surface area contributed by atoms with Crippen molar-refractivity contribution in [2.24, 2.45) is 0 Å². The normalized spacial score (nSPS) is 7.62. The Morgan fingerprint density at radius 1 is 1.00 bits per heavy atom. The Balaban J connectivity index is 0.000000490. The van der Waals surface area contributed by atoms with Crippen LogP contribution in [0.25, 0.3) is 0 Å². The fourth-order valence-electron chi connectivity index (χ4n) is 0.534. The Morgan fingerprint density at radius 2 is 1.50 bits per heavy atom. The van der Waals surface area contributed by atoms with E-state index < -0.39 is 0 Å². The van der Waals surface area contributed by atoms with E-state index in [4.69, 9.17) is 0 Å². The van der Waals surface area contributed by atoms with Crippen LogP contribution >= 0.6 is 0 Å². The van der Waals surface area contributed by atoms with Crippen molar-refractivity contribution in [1.29, 1.82) is 0 Å². The van der Waals surface area contributed by atoms with E-state index in [1.807, 2.05) is 18.2 Å². The van der Waals surface area contributed by atoms with E-state index in [9.17, 15) is 0 Å². The van der Waals surface area contributed by atoms with Gasteiger partial charge in [0.25, 0.3) is 0 Å². The van der Waals surface area contributed by atoms with Crippen molar-refractivity contribution in [3.63, 3.8) is 0 Å². The smallest absolute Gasteiger partial charge is 0.0398 e. The number of benzene rings is 1. The molecule has 0 fully saturated rings. The molecule has 2 radical (unpaired) electrons. The van der Waals surface area contributed by atoms with Crippen LogP contribution in [0.15, 0.2) is 30.3 Å². The molecule has 0 unspecified atom stereocenters. The molecule has 0 aliphatic rings. The topological polar surface area (TPSA) is 0 Å². The molecular weight excluding hydrogens is 96.1 g/mol. The van der Waals surface area contributed by atoms with Crippen molar-refractivity contribution in [2.45, 2.75) is 6.92 Å². The van der Waals surface area contributed by atoms with Gasteiger partial charge in [0.05, 0.1) is 0 Å². The molecule has 0 aliphatic heterocycles. The minimum absolute atomic E-state index is 0. The zero-order valence-corrected chi connectivity index (χ0v) is 5.09. The van der Waals surface area contributed by atoms with Crippen LogP contribution in [0.4, 0.5) is 0 Å². The van der Waals surface area contributed by atoms with Crippen LogP contribution in [0.1, 0.15) is 5.56 Å². The first-order chi connectivity index (χ1) is 3.39. The molecule has 0 amide bonds. The molecule has 0 aliphatic carbocycles. The second-order valence-electron chi connectivity index (χ2n) is 1.65. The summed E-state index contributed by atoms with van der Waals surface area (Å²) in [5.41, 5.74) is 1.32. The lowest BCUT2D eigenvalue weighted by Gasteiger charge is -1.82. The van der Waals surface area contributed by atoms with E-state index in [0.717, 1.165) is 0 Å². The molecule has 0 spiro atoms. The van der Waals surface area contributed by atoms with Crippen LogP contribution in [-0.4, -0.2) is 0 Å². The van der Waals surface area contributed by atoms with Gasteiger partial charge in [0.15, 0.2) is 0 Å². The summed E-state index contributed by atoms with van der Waals surface area (Å²) in [4.78, 5) is 0. The molecule has 0 aromatic heterocycles. The highest BCUT2D eigenvalue weighted by Gasteiger charge is 1.72. The van der Waals surface area contributed by atoms with Gasteiger partial charge in [-0.25, -0.2) is 0 Å². The maximum absolute atomic E-state index is 2.08. The summed E-state index contributed by atoms with van der Waals surface area (Å²) in [6.45, 7) is 2.08. The summed E-state index contributed by atoms with van der Waals surface area (Å²) in [7, 11) is 0. The minimum atomic E-state index is 0. The van der Waals surface area contributed by atoms with Gasteiger partial charge in [-0.3, -0.25) is 0 Å². The van der Waals surface area contributed by atoms with Gasteiger partial charge in [-0.2, -0.15) is 0 Å². The molecule has 0 heteroatoms. The highest BCUT2D eigenvalue weighted by Crippen LogP contribution is 1.92. The van der Waals surface area contributed by atoms with Crippen LogP contribution < -0.4 is 0 Å². The molecule has 0 saturated carbocycles. The summed E-state index contributed by atoms with van der Waals surface area (Å²) in [5.74, 6) is 0. The predicted octanol–water partition coefficient (Wildman–Crippen LogP) is 2.32. The van der Waals surface area contributed by atoms with Crippen LogP contribution in [0.2, 0.25) is 0 Å². The first kappa shape index (κ1) is 7.22. The molecule has 8 heavy (non-hydrogen) atoms. The average molecular weight is 106 g/mol. The monoisotopic (exact) mass is 106 g/mol. The van der Waals surface area contributed by atoms with Crippen LogP contribution in [0.5, 0.6) is 0 Å². The maximum atomic E-state index is 2.08. The second-order valence-corrected chi connectivity index (χ2v) is 1.65. The molecule has 0 N–H and O–H groups in total. The van der Waals surface area contributed by atoms with E-state index in [2.05, 4.69) is 19.1 Å². The van der Waals surface area contributed by atoms with Crippen molar-refractivity contribution in [2.75, 3.05) is 0 Å². The average Bonchev–Trinajstić information content (AvgIpc) is 1.69. The Hall–Kier alpha value is -0.780. The zero-order valence-electron chi connectivity index (χ0n) is 5.09. The second kappa shape index (κ2) is 3.25. The van der Waals surface area contributed by atoms with Gasteiger partial charge in [-0.1, -0.05) is 43.3 Å². The third-order valence-corrected chi connectivity index (χ3v) is 0.940. The van der Waals surface area contributed by atoms with Gasteiger partial charge in [-0.15, -0.1) is 0 Å². The Labute approximate surface area is 51.2 Å². The largest absolute Gasteiger partial charge is 0.0622 e. The molecule has 1 aromatic carbocycles. The molecule has 0 atom stereocenters. The van der Waals surface area contributed by atoms with Crippen molar-refractivity contribution in [3.05, 3.63) is 43.3 Å². The van der Waals surface area contributed by atoms with Gasteiger partial charge < -0.3 is 0 Å². The van der Waals surface area contributed by atoms with Gasteiger partial charge in [0.2, 0.25) is 0 Å². The lowest BCUT2D eigenvalue weighted by molar-refractivity contribution is 1.48. The molecular formula is C8H10. The maximum Gasteiger partial charge on any atom is -0.0398 e. The van der Waals surface area contributed by atoms with E-state index >= 15 is 0 Å². The van der Waals surface area contributed by atoms with Gasteiger partial charge in [-0.05, 0) is 6.92 Å². The first-order valence-electron chi connectivity index (χ1n) is 2.41. The zero-order chi connectivity index (χ0) is 5.11. The standard InChI is InChI=1S/C7H8.CH2/c1-7-5-3-2-4-6-7;/h2-6H,1H3;1H2. The number of aryl methyl sites for hydroxylation is 1. The molecule has 0 heterocycles. The third-order valence-electron chi connectivity index (χ3n) is 0.940. The fraction of sp³-hybridized carbons (Fsp3) is 0.125. The summed E-state index contributed by atoms with van der Waals surface area (Å²) in [6.07, 6.45) is 0. The third kappa shape index (κ3) is 1.78. The van der Waals surface area contributed by atoms with Crippen molar-refractivity contribution >= 4 is 0 Å². The quantitative estimate of drug-likeness (QED) is 0.476. The predicted molar refractivity (Wildman–Crippen MR) is 36.5 cm³/mol. The highest BCUT2D eigenvalue weighted by molar-refractivity contribution is 5.11. The van der Waals surface area contributed by atoms with E-state index in [-0.39, 0.29) is 7.43 Å². The van der Waals surface area contributed by atoms with Crippen molar-refractivity contribution in [1.82, 2.24) is 0 Å². The molecule has 0 bridgehead atoms. The van der Waals surface area contributed by atoms with E-state index in [1.54, 1.807) is 0 Å². The Bertz CT molecular complexity index is 130. The summed E-state index contributed by atoms with van der Waals surface area (Å²) >= 11 is 0. The summed E-state index contributed by atoms with van der Waals surface area (Å²) in [6, 6.07) is 10.3. The van der Waals surface area contributed by atoms with E-state index in [1.165, 1.54) is 5.56 Å². The fourth-order valence-corrected chi connectivity index (χ4v) is 0.534. The minimum Gasteiger partial charge on any atom is -0.0622 e. The van der Waals surface area contributed by atoms with Crippen LogP contribution in [-0.2, 0) is 0 Å². The van der Waals surface area contributed by atoms with Crippen LogP contribution in [0.3, 0.4) is 0 Å². The summed E-state index contributed by atoms with van der Waals surface area (Å²) < 4.78 is 0. The molecule has 42 valence electrons. The number of hydrogen-bond acceptors (Lipinski definition) is 0.